The van der Waals surface area contributed by atoms with Crippen LogP contribution in [0.1, 0.15) is 21.5 Å². The van der Waals surface area contributed by atoms with Gasteiger partial charge in [-0.2, -0.15) is 0 Å². The monoisotopic (exact) mass is 255 g/mol. The third kappa shape index (κ3) is 2.76. The number of carbonyl (C=O) groups excluding carboxylic acids is 1. The van der Waals surface area contributed by atoms with Crippen LogP contribution in [0.15, 0.2) is 42.5 Å². The van der Waals surface area contributed by atoms with Crippen molar-refractivity contribution in [1.82, 2.24) is 0 Å². The number of anilines is 1. The molecule has 98 valence electrons. The summed E-state index contributed by atoms with van der Waals surface area (Å²) in [7, 11) is 1.73. The van der Waals surface area contributed by atoms with Crippen molar-refractivity contribution in [3.05, 3.63) is 59.2 Å². The highest BCUT2D eigenvalue weighted by Gasteiger charge is 2.13. The summed E-state index contributed by atoms with van der Waals surface area (Å²) >= 11 is 0. The van der Waals surface area contributed by atoms with Gasteiger partial charge >= 0.3 is 0 Å². The van der Waals surface area contributed by atoms with Gasteiger partial charge in [0.2, 0.25) is 0 Å². The average Bonchev–Trinajstić information content (AvgIpc) is 2.41. The zero-order chi connectivity index (χ0) is 14.0. The molecule has 0 fully saturated rings. The van der Waals surface area contributed by atoms with Crippen molar-refractivity contribution in [3.63, 3.8) is 0 Å². The molecule has 0 heterocycles. The van der Waals surface area contributed by atoms with Gasteiger partial charge in [0.25, 0.3) is 5.91 Å². The van der Waals surface area contributed by atoms with E-state index in [2.05, 4.69) is 0 Å². The number of aryl methyl sites for hydroxylation is 2. The zero-order valence-electron chi connectivity index (χ0n) is 11.3. The highest BCUT2D eigenvalue weighted by Crippen LogP contribution is 2.20. The van der Waals surface area contributed by atoms with Crippen LogP contribution in [-0.4, -0.2) is 18.1 Å². The summed E-state index contributed by atoms with van der Waals surface area (Å²) in [6, 6.07) is 12.3. The van der Waals surface area contributed by atoms with Crippen LogP contribution in [0.2, 0.25) is 0 Å². The molecule has 2 rings (SSSR count). The van der Waals surface area contributed by atoms with E-state index in [9.17, 15) is 9.90 Å². The molecule has 0 aliphatic heterocycles. The quantitative estimate of drug-likeness (QED) is 0.894. The lowest BCUT2D eigenvalue weighted by Crippen LogP contribution is -2.26. The maximum atomic E-state index is 12.4. The molecule has 3 heteroatoms. The number of hydrogen-bond acceptors (Lipinski definition) is 2. The van der Waals surface area contributed by atoms with E-state index in [4.69, 9.17) is 0 Å². The molecule has 3 nitrogen and oxygen atoms in total. The van der Waals surface area contributed by atoms with Crippen LogP contribution in [0.3, 0.4) is 0 Å². The number of phenolic OH excluding ortho intramolecular Hbond substituents is 1. The number of benzene rings is 2. The first-order valence-electron chi connectivity index (χ1n) is 6.13. The molecule has 0 unspecified atom stereocenters. The molecular formula is C16H17NO2. The molecule has 0 radical (unpaired) electrons. The summed E-state index contributed by atoms with van der Waals surface area (Å²) in [6.07, 6.45) is 0. The molecule has 0 spiro atoms. The SMILES string of the molecule is Cc1ccc(C(=O)N(C)c2ccc(O)cc2)cc1C. The van der Waals surface area contributed by atoms with Crippen LogP contribution in [0.5, 0.6) is 5.75 Å². The Balaban J connectivity index is 2.28. The van der Waals surface area contributed by atoms with Crippen molar-refractivity contribution >= 4 is 11.6 Å². The Kier molecular flexibility index (Phi) is 3.56. The second-order valence-electron chi connectivity index (χ2n) is 4.68. The molecule has 19 heavy (non-hydrogen) atoms. The maximum absolute atomic E-state index is 12.4. The molecule has 0 saturated carbocycles. The van der Waals surface area contributed by atoms with Crippen LogP contribution in [-0.2, 0) is 0 Å². The summed E-state index contributed by atoms with van der Waals surface area (Å²) in [4.78, 5) is 13.9. The normalized spacial score (nSPS) is 10.3. The van der Waals surface area contributed by atoms with Gasteiger partial charge in [-0.3, -0.25) is 4.79 Å². The summed E-state index contributed by atoms with van der Waals surface area (Å²) in [5, 5.41) is 9.26. The first-order valence-corrected chi connectivity index (χ1v) is 6.13. The number of carbonyl (C=O) groups is 1. The van der Waals surface area contributed by atoms with Crippen molar-refractivity contribution in [2.75, 3.05) is 11.9 Å². The van der Waals surface area contributed by atoms with E-state index in [1.807, 2.05) is 32.0 Å². The molecular weight excluding hydrogens is 238 g/mol. The van der Waals surface area contributed by atoms with Gasteiger partial charge in [-0.15, -0.1) is 0 Å². The highest BCUT2D eigenvalue weighted by molar-refractivity contribution is 6.05. The van der Waals surface area contributed by atoms with Gasteiger partial charge < -0.3 is 10.0 Å². The lowest BCUT2D eigenvalue weighted by atomic mass is 10.1. The molecule has 0 bridgehead atoms. The summed E-state index contributed by atoms with van der Waals surface area (Å²) in [5.74, 6) is 0.129. The molecule has 0 saturated heterocycles. The summed E-state index contributed by atoms with van der Waals surface area (Å²) in [6.45, 7) is 4.01. The third-order valence-electron chi connectivity index (χ3n) is 3.30. The fourth-order valence-electron chi connectivity index (χ4n) is 1.86. The van der Waals surface area contributed by atoms with Crippen molar-refractivity contribution in [1.29, 1.82) is 0 Å². The standard InChI is InChI=1S/C16H17NO2/c1-11-4-5-13(10-12(11)2)16(19)17(3)14-6-8-15(18)9-7-14/h4-10,18H,1-3H3. The van der Waals surface area contributed by atoms with Gasteiger partial charge in [0, 0.05) is 18.3 Å². The van der Waals surface area contributed by atoms with E-state index in [0.29, 0.717) is 5.56 Å². The lowest BCUT2D eigenvalue weighted by Gasteiger charge is -2.18. The molecule has 2 aromatic carbocycles. The largest absolute Gasteiger partial charge is 0.508 e. The van der Waals surface area contributed by atoms with Crippen LogP contribution in [0.4, 0.5) is 5.69 Å². The van der Waals surface area contributed by atoms with Crippen LogP contribution >= 0.6 is 0 Å². The van der Waals surface area contributed by atoms with E-state index in [1.54, 1.807) is 36.2 Å². The second kappa shape index (κ2) is 5.14. The predicted molar refractivity (Wildman–Crippen MR) is 76.8 cm³/mol. The Labute approximate surface area is 113 Å². The van der Waals surface area contributed by atoms with Crippen molar-refractivity contribution < 1.29 is 9.90 Å². The highest BCUT2D eigenvalue weighted by atomic mass is 16.3. The molecule has 0 atom stereocenters. The van der Waals surface area contributed by atoms with E-state index >= 15 is 0 Å². The molecule has 0 aliphatic carbocycles. The molecule has 2 aromatic rings. The first-order chi connectivity index (χ1) is 8.99. The van der Waals surface area contributed by atoms with Crippen LogP contribution in [0, 0.1) is 13.8 Å². The van der Waals surface area contributed by atoms with Gasteiger partial charge in [-0.1, -0.05) is 6.07 Å². The number of phenols is 1. The van der Waals surface area contributed by atoms with Crippen molar-refractivity contribution in [2.45, 2.75) is 13.8 Å². The van der Waals surface area contributed by atoms with Crippen molar-refractivity contribution in [2.24, 2.45) is 0 Å². The molecule has 0 aliphatic rings. The third-order valence-corrected chi connectivity index (χ3v) is 3.30. The number of nitrogens with zero attached hydrogens (tertiary/aromatic N) is 1. The van der Waals surface area contributed by atoms with E-state index in [1.165, 1.54) is 5.56 Å². The Morgan fingerprint density at radius 3 is 2.21 bits per heavy atom. The van der Waals surface area contributed by atoms with E-state index in [-0.39, 0.29) is 11.7 Å². The van der Waals surface area contributed by atoms with Gasteiger partial charge in [0.15, 0.2) is 0 Å². The maximum Gasteiger partial charge on any atom is 0.258 e. The number of aromatic hydroxyl groups is 1. The molecule has 1 N–H and O–H groups in total. The Morgan fingerprint density at radius 1 is 1.00 bits per heavy atom. The molecule has 0 aromatic heterocycles. The Bertz CT molecular complexity index is 603. The van der Waals surface area contributed by atoms with Gasteiger partial charge in [0.05, 0.1) is 0 Å². The average molecular weight is 255 g/mol. The molecule has 1 amide bonds. The minimum Gasteiger partial charge on any atom is -0.508 e. The summed E-state index contributed by atoms with van der Waals surface area (Å²) < 4.78 is 0. The first kappa shape index (κ1) is 13.1. The number of hydrogen-bond donors (Lipinski definition) is 1. The summed E-state index contributed by atoms with van der Waals surface area (Å²) in [5.41, 5.74) is 3.69. The van der Waals surface area contributed by atoms with Gasteiger partial charge in [-0.05, 0) is 61.4 Å². The number of rotatable bonds is 2. The van der Waals surface area contributed by atoms with Gasteiger partial charge in [-0.25, -0.2) is 0 Å². The fourth-order valence-corrected chi connectivity index (χ4v) is 1.86. The Morgan fingerprint density at radius 2 is 1.63 bits per heavy atom. The van der Waals surface area contributed by atoms with E-state index < -0.39 is 0 Å². The minimum absolute atomic E-state index is 0.0613. The Hall–Kier alpha value is -2.29. The van der Waals surface area contributed by atoms with Crippen molar-refractivity contribution in [3.8, 4) is 5.75 Å². The fraction of sp³-hybridized carbons (Fsp3) is 0.188. The van der Waals surface area contributed by atoms with Gasteiger partial charge in [0.1, 0.15) is 5.75 Å². The van der Waals surface area contributed by atoms with E-state index in [0.717, 1.165) is 11.3 Å². The topological polar surface area (TPSA) is 40.5 Å². The minimum atomic E-state index is -0.0613. The lowest BCUT2D eigenvalue weighted by molar-refractivity contribution is 0.0993. The number of amides is 1. The van der Waals surface area contributed by atoms with Crippen LogP contribution in [0.25, 0.3) is 0 Å². The van der Waals surface area contributed by atoms with Crippen LogP contribution < -0.4 is 4.90 Å². The smallest absolute Gasteiger partial charge is 0.258 e. The second-order valence-corrected chi connectivity index (χ2v) is 4.68. The predicted octanol–water partition coefficient (Wildman–Crippen LogP) is 3.29. The zero-order valence-corrected chi connectivity index (χ0v) is 11.3.